The zero-order valence-electron chi connectivity index (χ0n) is 9.54. The van der Waals surface area contributed by atoms with Crippen LogP contribution in [-0.4, -0.2) is 31.3 Å². The predicted molar refractivity (Wildman–Crippen MR) is 58.8 cm³/mol. The third kappa shape index (κ3) is 4.80. The molecule has 0 bridgehead atoms. The Morgan fingerprint density at radius 1 is 1.53 bits per heavy atom. The molecule has 1 aromatic rings. The number of methoxy groups -OCH3 is 1. The smallest absolute Gasteiger partial charge is 0.294 e. The molecule has 0 aliphatic rings. The molecular formula is C10H19N3O2. The van der Waals surface area contributed by atoms with Crippen molar-refractivity contribution in [3.05, 3.63) is 12.0 Å². The highest BCUT2D eigenvalue weighted by Crippen LogP contribution is 2.06. The highest BCUT2D eigenvalue weighted by atomic mass is 16.5. The Kier molecular flexibility index (Phi) is 5.14. The fourth-order valence-corrected chi connectivity index (χ4v) is 1.04. The molecule has 0 aliphatic heterocycles. The first-order valence-corrected chi connectivity index (χ1v) is 5.13. The SMILES string of the molecule is COCCNc1nc(CNC(C)C)co1. The van der Waals surface area contributed by atoms with Gasteiger partial charge >= 0.3 is 0 Å². The zero-order chi connectivity index (χ0) is 11.1. The molecule has 0 amide bonds. The molecule has 0 aliphatic carbocycles. The molecule has 1 rings (SSSR count). The minimum absolute atomic E-state index is 0.451. The summed E-state index contributed by atoms with van der Waals surface area (Å²) in [6, 6.07) is 0.999. The maximum atomic E-state index is 5.23. The molecule has 86 valence electrons. The number of nitrogens with one attached hydrogen (secondary N) is 2. The molecule has 0 spiro atoms. The third-order valence-electron chi connectivity index (χ3n) is 1.83. The minimum Gasteiger partial charge on any atom is -0.432 e. The lowest BCUT2D eigenvalue weighted by molar-refractivity contribution is 0.210. The highest BCUT2D eigenvalue weighted by Gasteiger charge is 2.03. The maximum absolute atomic E-state index is 5.23. The molecule has 1 heterocycles. The molecule has 0 atom stereocenters. The lowest BCUT2D eigenvalue weighted by Gasteiger charge is -2.04. The fourth-order valence-electron chi connectivity index (χ4n) is 1.04. The van der Waals surface area contributed by atoms with Crippen LogP contribution in [0, 0.1) is 0 Å². The lowest BCUT2D eigenvalue weighted by Crippen LogP contribution is -2.21. The van der Waals surface area contributed by atoms with Crippen LogP contribution in [0.1, 0.15) is 19.5 Å². The van der Waals surface area contributed by atoms with Gasteiger partial charge in [0.2, 0.25) is 0 Å². The molecular weight excluding hydrogens is 194 g/mol. The molecule has 2 N–H and O–H groups in total. The van der Waals surface area contributed by atoms with Gasteiger partial charge in [-0.25, -0.2) is 0 Å². The van der Waals surface area contributed by atoms with Crippen molar-refractivity contribution < 1.29 is 9.15 Å². The summed E-state index contributed by atoms with van der Waals surface area (Å²) in [5.41, 5.74) is 0.906. The fraction of sp³-hybridized carbons (Fsp3) is 0.700. The van der Waals surface area contributed by atoms with Crippen LogP contribution in [0.3, 0.4) is 0 Å². The van der Waals surface area contributed by atoms with Gasteiger partial charge < -0.3 is 19.8 Å². The van der Waals surface area contributed by atoms with Crippen molar-refractivity contribution >= 4 is 6.01 Å². The molecule has 0 radical (unpaired) electrons. The molecule has 5 nitrogen and oxygen atoms in total. The van der Waals surface area contributed by atoms with Crippen LogP contribution in [0.25, 0.3) is 0 Å². The quantitative estimate of drug-likeness (QED) is 0.667. The van der Waals surface area contributed by atoms with Crippen molar-refractivity contribution in [1.82, 2.24) is 10.3 Å². The predicted octanol–water partition coefficient (Wildman–Crippen LogP) is 1.23. The monoisotopic (exact) mass is 213 g/mol. The molecule has 15 heavy (non-hydrogen) atoms. The third-order valence-corrected chi connectivity index (χ3v) is 1.83. The molecule has 0 saturated heterocycles. The van der Waals surface area contributed by atoms with Gasteiger partial charge in [-0.05, 0) is 0 Å². The number of aromatic nitrogens is 1. The molecule has 0 aromatic carbocycles. The number of hydrogen-bond acceptors (Lipinski definition) is 5. The van der Waals surface area contributed by atoms with Gasteiger partial charge in [-0.1, -0.05) is 13.8 Å². The van der Waals surface area contributed by atoms with Crippen LogP contribution < -0.4 is 10.6 Å². The van der Waals surface area contributed by atoms with E-state index in [1.165, 1.54) is 0 Å². The second-order valence-corrected chi connectivity index (χ2v) is 3.60. The minimum atomic E-state index is 0.451. The first kappa shape index (κ1) is 12.0. The molecule has 1 aromatic heterocycles. The summed E-state index contributed by atoms with van der Waals surface area (Å²) >= 11 is 0. The molecule has 0 fully saturated rings. The summed E-state index contributed by atoms with van der Waals surface area (Å²) in [6.07, 6.45) is 1.66. The van der Waals surface area contributed by atoms with Gasteiger partial charge in [-0.15, -0.1) is 0 Å². The number of hydrogen-bond donors (Lipinski definition) is 2. The van der Waals surface area contributed by atoms with E-state index >= 15 is 0 Å². The van der Waals surface area contributed by atoms with Gasteiger partial charge in [0, 0.05) is 26.2 Å². The Hall–Kier alpha value is -1.07. The molecule has 5 heteroatoms. The summed E-state index contributed by atoms with van der Waals surface area (Å²) in [6.45, 7) is 6.26. The zero-order valence-corrected chi connectivity index (χ0v) is 9.54. The normalized spacial score (nSPS) is 10.9. The van der Waals surface area contributed by atoms with Crippen molar-refractivity contribution in [2.24, 2.45) is 0 Å². The Labute approximate surface area is 90.2 Å². The van der Waals surface area contributed by atoms with Crippen molar-refractivity contribution in [3.63, 3.8) is 0 Å². The van der Waals surface area contributed by atoms with Gasteiger partial charge in [0.25, 0.3) is 6.01 Å². The van der Waals surface area contributed by atoms with Crippen LogP contribution in [0.15, 0.2) is 10.7 Å². The van der Waals surface area contributed by atoms with E-state index in [1.807, 2.05) is 0 Å². The average molecular weight is 213 g/mol. The average Bonchev–Trinajstić information content (AvgIpc) is 2.63. The summed E-state index contributed by atoms with van der Waals surface area (Å²) < 4.78 is 10.1. The van der Waals surface area contributed by atoms with E-state index < -0.39 is 0 Å². The summed E-state index contributed by atoms with van der Waals surface area (Å²) in [4.78, 5) is 4.26. The van der Waals surface area contributed by atoms with E-state index in [0.717, 1.165) is 12.2 Å². The second kappa shape index (κ2) is 6.42. The van der Waals surface area contributed by atoms with E-state index in [9.17, 15) is 0 Å². The van der Waals surface area contributed by atoms with Gasteiger partial charge in [0.15, 0.2) is 0 Å². The topological polar surface area (TPSA) is 59.3 Å². The van der Waals surface area contributed by atoms with Crippen LogP contribution in [-0.2, 0) is 11.3 Å². The van der Waals surface area contributed by atoms with Gasteiger partial charge in [0.1, 0.15) is 6.26 Å². The van der Waals surface area contributed by atoms with Crippen LogP contribution in [0.2, 0.25) is 0 Å². The van der Waals surface area contributed by atoms with E-state index in [4.69, 9.17) is 9.15 Å². The van der Waals surface area contributed by atoms with Crippen LogP contribution in [0.4, 0.5) is 6.01 Å². The van der Waals surface area contributed by atoms with E-state index in [2.05, 4.69) is 29.5 Å². The number of rotatable bonds is 7. The Morgan fingerprint density at radius 3 is 3.00 bits per heavy atom. The van der Waals surface area contributed by atoms with Crippen molar-refractivity contribution in [1.29, 1.82) is 0 Å². The van der Waals surface area contributed by atoms with Gasteiger partial charge in [0.05, 0.1) is 12.3 Å². The maximum Gasteiger partial charge on any atom is 0.294 e. The Morgan fingerprint density at radius 2 is 2.33 bits per heavy atom. The van der Waals surface area contributed by atoms with Crippen molar-refractivity contribution in [2.45, 2.75) is 26.4 Å². The number of anilines is 1. The van der Waals surface area contributed by atoms with Crippen LogP contribution in [0.5, 0.6) is 0 Å². The summed E-state index contributed by atoms with van der Waals surface area (Å²) in [5, 5.41) is 6.29. The first-order chi connectivity index (χ1) is 7.22. The lowest BCUT2D eigenvalue weighted by atomic mass is 10.4. The largest absolute Gasteiger partial charge is 0.432 e. The van der Waals surface area contributed by atoms with Crippen LogP contribution >= 0.6 is 0 Å². The molecule has 0 unspecified atom stereocenters. The van der Waals surface area contributed by atoms with Crippen molar-refractivity contribution in [2.75, 3.05) is 25.6 Å². The number of nitrogens with zero attached hydrogens (tertiary/aromatic N) is 1. The van der Waals surface area contributed by atoms with Crippen molar-refractivity contribution in [3.8, 4) is 0 Å². The standard InChI is InChI=1S/C10H19N3O2/c1-8(2)12-6-9-7-15-10(13-9)11-4-5-14-3/h7-8,12H,4-6H2,1-3H3,(H,11,13). The molecule has 0 saturated carbocycles. The van der Waals surface area contributed by atoms with E-state index in [-0.39, 0.29) is 0 Å². The second-order valence-electron chi connectivity index (χ2n) is 3.60. The number of oxazole rings is 1. The highest BCUT2D eigenvalue weighted by molar-refractivity contribution is 5.20. The number of ether oxygens (including phenoxy) is 1. The van der Waals surface area contributed by atoms with E-state index in [1.54, 1.807) is 13.4 Å². The Bertz CT molecular complexity index is 273. The first-order valence-electron chi connectivity index (χ1n) is 5.13. The Balaban J connectivity index is 2.29. The van der Waals surface area contributed by atoms with E-state index in [0.29, 0.717) is 25.2 Å². The summed E-state index contributed by atoms with van der Waals surface area (Å²) in [7, 11) is 1.66. The summed E-state index contributed by atoms with van der Waals surface area (Å²) in [5.74, 6) is 0. The van der Waals surface area contributed by atoms with Gasteiger partial charge in [-0.2, -0.15) is 4.98 Å². The van der Waals surface area contributed by atoms with Gasteiger partial charge in [-0.3, -0.25) is 0 Å².